The molecule has 6 atom stereocenters. The lowest BCUT2D eigenvalue weighted by molar-refractivity contribution is -0.163. The van der Waals surface area contributed by atoms with E-state index in [4.69, 9.17) is 16.2 Å². The number of aliphatic hydroxyl groups excluding tert-OH is 1. The number of aliphatic hydroxyl groups is 1. The number of H-pyrrole nitrogens is 1. The number of amides is 3. The lowest BCUT2D eigenvalue weighted by Crippen LogP contribution is -2.69. The van der Waals surface area contributed by atoms with Crippen molar-refractivity contribution in [2.24, 2.45) is 29.2 Å². The first kappa shape index (κ1) is 52.3. The van der Waals surface area contributed by atoms with E-state index in [0.717, 1.165) is 42.6 Å². The van der Waals surface area contributed by atoms with Crippen molar-refractivity contribution in [1.29, 1.82) is 0 Å². The number of Topliss-reactive ketones (excluding diaryl/α,β-unsaturated/α-hetero) is 1. The molecule has 0 bridgehead atoms. The van der Waals surface area contributed by atoms with E-state index in [1.54, 1.807) is 24.3 Å². The Labute approximate surface area is 350 Å². The summed E-state index contributed by atoms with van der Waals surface area (Å²) in [5.41, 5.74) is 12.2. The number of ether oxygens (including phenoxy) is 1. The minimum Gasteiger partial charge on any atom is -0.493 e. The fourth-order valence-corrected chi connectivity index (χ4v) is 8.23. The number of aromatic amines is 1. The first-order valence-electron chi connectivity index (χ1n) is 19.1. The number of fused-ring (bicyclic) bond motifs is 1. The Morgan fingerprint density at radius 2 is 1.68 bits per heavy atom. The summed E-state index contributed by atoms with van der Waals surface area (Å²) in [5.74, 6) is -6.39. The molecule has 0 saturated heterocycles. The van der Waals surface area contributed by atoms with Gasteiger partial charge in [0.05, 0.1) is 36.6 Å². The summed E-state index contributed by atoms with van der Waals surface area (Å²) in [6, 6.07) is 10.4. The third-order valence-corrected chi connectivity index (χ3v) is 11.0. The van der Waals surface area contributed by atoms with Crippen molar-refractivity contribution in [3.63, 3.8) is 0 Å². The lowest BCUT2D eigenvalue weighted by Gasteiger charge is -2.48. The molecule has 3 amide bonds. The topological polar surface area (TPSA) is 326 Å². The molecule has 0 radical (unpaired) electrons. The number of aromatic carboxylic acids is 1. The summed E-state index contributed by atoms with van der Waals surface area (Å²) in [5, 5.41) is 24.9. The van der Waals surface area contributed by atoms with Crippen LogP contribution in [0.2, 0.25) is 0 Å². The second-order valence-corrected chi connectivity index (χ2v) is 15.5. The summed E-state index contributed by atoms with van der Waals surface area (Å²) >= 11 is 0. The number of carbonyl (C=O) groups excluding carboxylic acids is 4. The van der Waals surface area contributed by atoms with Gasteiger partial charge in [0.25, 0.3) is 0 Å². The molecule has 328 valence electrons. The predicted molar refractivity (Wildman–Crippen MR) is 222 cm³/mol. The third kappa shape index (κ3) is 11.9. The number of ketones is 1. The molecule has 1 fully saturated rings. The number of benzene rings is 2. The van der Waals surface area contributed by atoms with E-state index < -0.39 is 65.0 Å². The summed E-state index contributed by atoms with van der Waals surface area (Å²) < 4.78 is 6.11. The molecule has 1 aliphatic carbocycles. The van der Waals surface area contributed by atoms with Gasteiger partial charge in [0.1, 0.15) is 17.3 Å². The van der Waals surface area contributed by atoms with Crippen LogP contribution in [0.1, 0.15) is 92.4 Å². The van der Waals surface area contributed by atoms with Gasteiger partial charge >= 0.3 is 5.97 Å². The van der Waals surface area contributed by atoms with Crippen molar-refractivity contribution >= 4 is 41.9 Å². The highest BCUT2D eigenvalue weighted by Crippen LogP contribution is 2.48. The van der Waals surface area contributed by atoms with Crippen LogP contribution in [-0.4, -0.2) is 108 Å². The van der Waals surface area contributed by atoms with Gasteiger partial charge in [-0.25, -0.2) is 9.78 Å². The molecule has 5 rings (SSSR count). The number of carboxylic acid groups (broad SMARTS) is 1. The number of hydrogen-bond donors (Lipinski definition) is 6. The number of carbonyl (C=O) groups is 5. The Morgan fingerprint density at radius 3 is 2.25 bits per heavy atom. The first-order chi connectivity index (χ1) is 26.2. The fourth-order valence-electron chi connectivity index (χ4n) is 8.23. The highest BCUT2D eigenvalue weighted by Gasteiger charge is 2.60. The number of imidazole rings is 1. The van der Waals surface area contributed by atoms with Gasteiger partial charge in [-0.1, -0.05) is 76.3 Å². The summed E-state index contributed by atoms with van der Waals surface area (Å²) in [7, 11) is 0. The van der Waals surface area contributed by atoms with Crippen LogP contribution in [0.25, 0.3) is 0 Å². The second kappa shape index (κ2) is 23.1. The Kier molecular flexibility index (Phi) is 20.5. The van der Waals surface area contributed by atoms with E-state index in [1.165, 1.54) is 37.6 Å². The number of imide groups is 1. The molecule has 2 heterocycles. The predicted octanol–water partition coefficient (Wildman–Crippen LogP) is 1.07. The standard InChI is InChI=1S/C41H54N6O8.ClH.3H2O/c1-24(2)20-45-38(51)35(43)36(49)31(16-26-10-6-4-7-11-26)37(50)41(19-29-21-44-23-46-29,32-22-55-34-15-14-28(40(53)54)18-30(32)34)47(25(3)48)39(52)33(42)17-27-12-8-5-9-13-27;;;;/h5,8-9,12-15,18,21,23-24,26,31-33,35-36,49H,4,6-7,10-11,16-17,19-20,22,42-43H2,1-3H3,(H,44,46)(H,45,51)(H,53,54);1H;3*1H2/t31-,32-,33-,35?,36?,41-;;;;/m0..../s1. The van der Waals surface area contributed by atoms with Gasteiger partial charge in [0.2, 0.25) is 17.7 Å². The molecule has 2 aromatic carbocycles. The van der Waals surface area contributed by atoms with E-state index in [1.807, 2.05) is 19.9 Å². The van der Waals surface area contributed by atoms with Crippen LogP contribution < -0.4 is 21.5 Å². The average molecular weight is 849 g/mol. The fraction of sp³-hybridized carbons (Fsp3) is 0.512. The first-order valence-corrected chi connectivity index (χ1v) is 19.1. The quantitative estimate of drug-likeness (QED) is 0.112. The molecule has 17 nitrogen and oxygen atoms in total. The number of nitrogens with one attached hydrogen (secondary N) is 2. The highest BCUT2D eigenvalue weighted by molar-refractivity contribution is 6.06. The zero-order valence-corrected chi connectivity index (χ0v) is 34.5. The van der Waals surface area contributed by atoms with Gasteiger partial charge in [0, 0.05) is 43.3 Å². The Hall–Kier alpha value is -4.75. The van der Waals surface area contributed by atoms with Gasteiger partial charge in [-0.3, -0.25) is 24.1 Å². The molecule has 1 saturated carbocycles. The number of nitrogens with zero attached hydrogens (tertiary/aromatic N) is 2. The van der Waals surface area contributed by atoms with Gasteiger partial charge in [0.15, 0.2) is 5.78 Å². The molecule has 59 heavy (non-hydrogen) atoms. The van der Waals surface area contributed by atoms with Crippen LogP contribution >= 0.6 is 12.4 Å². The van der Waals surface area contributed by atoms with Crippen LogP contribution in [0.4, 0.5) is 0 Å². The van der Waals surface area contributed by atoms with E-state index >= 15 is 4.79 Å². The molecule has 1 aliphatic heterocycles. The largest absolute Gasteiger partial charge is 0.493 e. The molecule has 2 aliphatic rings. The average Bonchev–Trinajstić information content (AvgIpc) is 3.85. The van der Waals surface area contributed by atoms with E-state index in [-0.39, 0.29) is 90.0 Å². The highest BCUT2D eigenvalue weighted by atomic mass is 35.5. The van der Waals surface area contributed by atoms with Crippen LogP contribution in [0.15, 0.2) is 61.1 Å². The van der Waals surface area contributed by atoms with Crippen molar-refractivity contribution in [3.05, 3.63) is 83.4 Å². The minimum atomic E-state index is -2.18. The molecule has 1 aromatic heterocycles. The van der Waals surface area contributed by atoms with Gasteiger partial charge < -0.3 is 53.1 Å². The normalized spacial score (nSPS) is 17.6. The number of rotatable bonds is 17. The van der Waals surface area contributed by atoms with Crippen LogP contribution in [0.3, 0.4) is 0 Å². The van der Waals surface area contributed by atoms with Crippen LogP contribution in [0, 0.1) is 17.8 Å². The Bertz CT molecular complexity index is 1830. The molecule has 0 spiro atoms. The molecule has 18 heteroatoms. The monoisotopic (exact) mass is 848 g/mol. The SMILES string of the molecule is CC(=O)N(C(=O)[C@@H](N)Cc1ccccc1)[C@](Cc1cnc[nH]1)(C(=O)[C@@H](CC1CCCCC1)C(O)C(N)C(=O)NCC(C)C)[C@H]1COc2ccc(C(=O)O)cc21.Cl.O.O.O. The number of hydrogen-bond acceptors (Lipinski definition) is 10. The second-order valence-electron chi connectivity index (χ2n) is 15.5. The van der Waals surface area contributed by atoms with Gasteiger partial charge in [-0.2, -0.15) is 0 Å². The Morgan fingerprint density at radius 1 is 1.02 bits per heavy atom. The van der Waals surface area contributed by atoms with Crippen molar-refractivity contribution in [3.8, 4) is 5.75 Å². The van der Waals surface area contributed by atoms with E-state index in [2.05, 4.69) is 15.3 Å². The number of aromatic nitrogens is 2. The number of carboxylic acids is 1. The maximum absolute atomic E-state index is 16.1. The van der Waals surface area contributed by atoms with Crippen molar-refractivity contribution in [2.45, 2.75) is 102 Å². The molecular weight excluding hydrogens is 788 g/mol. The summed E-state index contributed by atoms with van der Waals surface area (Å²) in [6.45, 7) is 5.06. The van der Waals surface area contributed by atoms with E-state index in [0.29, 0.717) is 5.69 Å². The number of halogens is 1. The van der Waals surface area contributed by atoms with Gasteiger partial charge in [-0.05, 0) is 48.4 Å². The maximum Gasteiger partial charge on any atom is 0.335 e. The van der Waals surface area contributed by atoms with Crippen LogP contribution in [0.5, 0.6) is 5.75 Å². The zero-order valence-electron chi connectivity index (χ0n) is 33.7. The van der Waals surface area contributed by atoms with Crippen molar-refractivity contribution < 1.29 is 55.4 Å². The molecule has 14 N–H and O–H groups in total. The third-order valence-electron chi connectivity index (χ3n) is 11.0. The molecule has 3 aromatic rings. The summed E-state index contributed by atoms with van der Waals surface area (Å²) in [4.78, 5) is 79.0. The van der Waals surface area contributed by atoms with Gasteiger partial charge in [-0.15, -0.1) is 12.4 Å². The van der Waals surface area contributed by atoms with Crippen LogP contribution in [-0.2, 0) is 32.0 Å². The number of nitrogens with two attached hydrogens (primary N) is 2. The zero-order chi connectivity index (χ0) is 39.9. The smallest absolute Gasteiger partial charge is 0.335 e. The summed E-state index contributed by atoms with van der Waals surface area (Å²) in [6.07, 6.45) is 5.38. The molecular formula is C41H61ClN6O11. The molecule has 2 unspecified atom stereocenters. The van der Waals surface area contributed by atoms with Crippen molar-refractivity contribution in [1.82, 2.24) is 20.2 Å². The maximum atomic E-state index is 16.1. The van der Waals surface area contributed by atoms with Crippen molar-refractivity contribution in [2.75, 3.05) is 13.2 Å². The minimum absolute atomic E-state index is 0. The van der Waals surface area contributed by atoms with E-state index in [9.17, 15) is 29.4 Å². The Balaban J connectivity index is 0.00000435. The lowest BCUT2D eigenvalue weighted by atomic mass is 9.65.